The summed E-state index contributed by atoms with van der Waals surface area (Å²) < 4.78 is 0. The van der Waals surface area contributed by atoms with Crippen molar-refractivity contribution in [1.82, 2.24) is 10.2 Å². The molecule has 0 aromatic rings. The molecule has 3 nitrogen and oxygen atoms in total. The van der Waals surface area contributed by atoms with Crippen molar-refractivity contribution < 1.29 is 0 Å². The summed E-state index contributed by atoms with van der Waals surface area (Å²) in [4.78, 5) is 2.67. The molecule has 0 heterocycles. The molecule has 0 amide bonds. The largest absolute Gasteiger partial charge is 0.298 e. The third-order valence-corrected chi connectivity index (χ3v) is 4.85. The standard InChI is InChI=1S/C15H25N3/c1-2-18(13-7-8-13)14-4-3-9-15(10-14,11-16)17-12-5-6-12/h12-14,17H,2-10H2,1H3. The van der Waals surface area contributed by atoms with Crippen LogP contribution in [0.3, 0.4) is 0 Å². The molecule has 0 aromatic heterocycles. The van der Waals surface area contributed by atoms with E-state index in [-0.39, 0.29) is 5.54 Å². The maximum Gasteiger partial charge on any atom is 0.108 e. The summed E-state index contributed by atoms with van der Waals surface area (Å²) in [5.74, 6) is 0. The van der Waals surface area contributed by atoms with Crippen molar-refractivity contribution in [1.29, 1.82) is 5.26 Å². The highest BCUT2D eigenvalue weighted by atomic mass is 15.2. The van der Waals surface area contributed by atoms with Crippen LogP contribution in [0, 0.1) is 11.3 Å². The number of hydrogen-bond donors (Lipinski definition) is 1. The quantitative estimate of drug-likeness (QED) is 0.811. The van der Waals surface area contributed by atoms with Crippen LogP contribution in [0.2, 0.25) is 0 Å². The molecular formula is C15H25N3. The van der Waals surface area contributed by atoms with Crippen molar-refractivity contribution in [3.63, 3.8) is 0 Å². The molecular weight excluding hydrogens is 222 g/mol. The Kier molecular flexibility index (Phi) is 3.34. The fraction of sp³-hybridized carbons (Fsp3) is 0.933. The van der Waals surface area contributed by atoms with E-state index in [2.05, 4.69) is 23.2 Å². The molecule has 0 radical (unpaired) electrons. The van der Waals surface area contributed by atoms with Crippen molar-refractivity contribution in [2.75, 3.05) is 6.54 Å². The molecule has 0 saturated heterocycles. The highest BCUT2D eigenvalue weighted by Gasteiger charge is 2.43. The molecule has 3 heteroatoms. The molecule has 0 bridgehead atoms. The van der Waals surface area contributed by atoms with E-state index in [4.69, 9.17) is 0 Å². The molecule has 0 aliphatic heterocycles. The number of rotatable bonds is 5. The van der Waals surface area contributed by atoms with Crippen molar-refractivity contribution >= 4 is 0 Å². The lowest BCUT2D eigenvalue weighted by Crippen LogP contribution is -2.53. The molecule has 0 aromatic carbocycles. The second-order valence-corrected chi connectivity index (χ2v) is 6.42. The summed E-state index contributed by atoms with van der Waals surface area (Å²) in [6, 6.07) is 4.73. The SMILES string of the molecule is CCN(C1CC1)C1CCCC(C#N)(NC2CC2)C1. The van der Waals surface area contributed by atoms with Crippen LogP contribution in [0.1, 0.15) is 58.3 Å². The van der Waals surface area contributed by atoms with Gasteiger partial charge >= 0.3 is 0 Å². The maximum atomic E-state index is 9.61. The normalized spacial score (nSPS) is 36.6. The zero-order valence-electron chi connectivity index (χ0n) is 11.5. The maximum absolute atomic E-state index is 9.61. The molecule has 100 valence electrons. The monoisotopic (exact) mass is 247 g/mol. The van der Waals surface area contributed by atoms with E-state index in [0.29, 0.717) is 12.1 Å². The van der Waals surface area contributed by atoms with Gasteiger partial charge in [0.2, 0.25) is 0 Å². The zero-order chi connectivity index (χ0) is 12.6. The molecule has 0 spiro atoms. The molecule has 3 saturated carbocycles. The Morgan fingerprint density at radius 1 is 1.22 bits per heavy atom. The van der Waals surface area contributed by atoms with E-state index >= 15 is 0 Å². The van der Waals surface area contributed by atoms with E-state index in [1.807, 2.05) is 0 Å². The molecule has 3 aliphatic rings. The molecule has 3 rings (SSSR count). The predicted molar refractivity (Wildman–Crippen MR) is 72.2 cm³/mol. The van der Waals surface area contributed by atoms with E-state index in [0.717, 1.165) is 25.4 Å². The molecule has 3 aliphatic carbocycles. The summed E-state index contributed by atoms with van der Waals surface area (Å²) >= 11 is 0. The van der Waals surface area contributed by atoms with Gasteiger partial charge < -0.3 is 0 Å². The van der Waals surface area contributed by atoms with Gasteiger partial charge in [0.15, 0.2) is 0 Å². The Balaban J connectivity index is 1.67. The van der Waals surface area contributed by atoms with E-state index in [9.17, 15) is 5.26 Å². The van der Waals surface area contributed by atoms with Gasteiger partial charge in [-0.2, -0.15) is 5.26 Å². The lowest BCUT2D eigenvalue weighted by Gasteiger charge is -2.41. The molecule has 3 fully saturated rings. The number of hydrogen-bond acceptors (Lipinski definition) is 3. The highest BCUT2D eigenvalue weighted by Crippen LogP contribution is 2.38. The van der Waals surface area contributed by atoms with E-state index in [1.54, 1.807) is 0 Å². The van der Waals surface area contributed by atoms with Crippen molar-refractivity contribution in [2.24, 2.45) is 0 Å². The fourth-order valence-electron chi connectivity index (χ4n) is 3.63. The number of nitrogens with one attached hydrogen (secondary N) is 1. The zero-order valence-corrected chi connectivity index (χ0v) is 11.5. The van der Waals surface area contributed by atoms with Gasteiger partial charge in [-0.25, -0.2) is 0 Å². The van der Waals surface area contributed by atoms with Gasteiger partial charge in [0.1, 0.15) is 5.54 Å². The Hall–Kier alpha value is -0.590. The van der Waals surface area contributed by atoms with Crippen LogP contribution in [0.5, 0.6) is 0 Å². The van der Waals surface area contributed by atoms with Crippen LogP contribution in [0.15, 0.2) is 0 Å². The second kappa shape index (κ2) is 4.83. The molecule has 1 N–H and O–H groups in total. The van der Waals surface area contributed by atoms with E-state index in [1.165, 1.54) is 38.5 Å². The summed E-state index contributed by atoms with van der Waals surface area (Å²) in [6.45, 7) is 3.43. The van der Waals surface area contributed by atoms with Gasteiger partial charge in [-0.15, -0.1) is 0 Å². The topological polar surface area (TPSA) is 39.1 Å². The van der Waals surface area contributed by atoms with Crippen LogP contribution in [-0.2, 0) is 0 Å². The Morgan fingerprint density at radius 3 is 2.56 bits per heavy atom. The fourth-order valence-corrected chi connectivity index (χ4v) is 3.63. The van der Waals surface area contributed by atoms with Crippen molar-refractivity contribution in [3.8, 4) is 6.07 Å². The number of nitriles is 1. The van der Waals surface area contributed by atoms with Crippen molar-refractivity contribution in [2.45, 2.75) is 82.0 Å². The summed E-state index contributed by atoms with van der Waals surface area (Å²) in [7, 11) is 0. The van der Waals surface area contributed by atoms with Gasteiger partial charge in [-0.3, -0.25) is 10.2 Å². The first-order chi connectivity index (χ1) is 8.76. The van der Waals surface area contributed by atoms with Gasteiger partial charge in [-0.05, 0) is 57.9 Å². The minimum absolute atomic E-state index is 0.216. The van der Waals surface area contributed by atoms with E-state index < -0.39 is 0 Å². The summed E-state index contributed by atoms with van der Waals surface area (Å²) in [6.07, 6.45) is 9.90. The van der Waals surface area contributed by atoms with Crippen LogP contribution < -0.4 is 5.32 Å². The van der Waals surface area contributed by atoms with Crippen LogP contribution in [0.25, 0.3) is 0 Å². The van der Waals surface area contributed by atoms with Crippen LogP contribution >= 0.6 is 0 Å². The Morgan fingerprint density at radius 2 is 2.00 bits per heavy atom. The van der Waals surface area contributed by atoms with Gasteiger partial charge in [0.25, 0.3) is 0 Å². The Labute approximate surface area is 111 Å². The predicted octanol–water partition coefficient (Wildman–Crippen LogP) is 2.43. The molecule has 18 heavy (non-hydrogen) atoms. The summed E-state index contributed by atoms with van der Waals surface area (Å²) in [5, 5.41) is 13.3. The average Bonchev–Trinajstić information content (AvgIpc) is 3.25. The molecule has 2 unspecified atom stereocenters. The van der Waals surface area contributed by atoms with Gasteiger partial charge in [0, 0.05) is 18.1 Å². The van der Waals surface area contributed by atoms with Crippen molar-refractivity contribution in [3.05, 3.63) is 0 Å². The third-order valence-electron chi connectivity index (χ3n) is 4.85. The third kappa shape index (κ3) is 2.55. The minimum Gasteiger partial charge on any atom is -0.298 e. The average molecular weight is 247 g/mol. The van der Waals surface area contributed by atoms with Crippen LogP contribution in [-0.4, -0.2) is 35.1 Å². The second-order valence-electron chi connectivity index (χ2n) is 6.42. The first-order valence-corrected chi connectivity index (χ1v) is 7.71. The Bertz CT molecular complexity index is 340. The van der Waals surface area contributed by atoms with Crippen LogP contribution in [0.4, 0.5) is 0 Å². The lowest BCUT2D eigenvalue weighted by molar-refractivity contribution is 0.117. The smallest absolute Gasteiger partial charge is 0.108 e. The minimum atomic E-state index is -0.216. The summed E-state index contributed by atoms with van der Waals surface area (Å²) in [5.41, 5.74) is -0.216. The lowest BCUT2D eigenvalue weighted by atomic mass is 9.79. The highest BCUT2D eigenvalue weighted by molar-refractivity contribution is 5.14. The number of nitrogens with zero attached hydrogens (tertiary/aromatic N) is 2. The first kappa shape index (κ1) is 12.4. The van der Waals surface area contributed by atoms with Gasteiger partial charge in [0.05, 0.1) is 6.07 Å². The molecule has 2 atom stereocenters. The first-order valence-electron chi connectivity index (χ1n) is 7.71. The van der Waals surface area contributed by atoms with Gasteiger partial charge in [-0.1, -0.05) is 6.92 Å².